The Morgan fingerprint density at radius 2 is 2.15 bits per heavy atom. The summed E-state index contributed by atoms with van der Waals surface area (Å²) in [4.78, 5) is 3.07. The van der Waals surface area contributed by atoms with Gasteiger partial charge in [0.2, 0.25) is 0 Å². The summed E-state index contributed by atoms with van der Waals surface area (Å²) in [5, 5.41) is 3.33. The van der Waals surface area contributed by atoms with Gasteiger partial charge >= 0.3 is 0 Å². The van der Waals surface area contributed by atoms with Gasteiger partial charge in [-0.15, -0.1) is 0 Å². The largest absolute Gasteiger partial charge is 0.473 e. The lowest BCUT2D eigenvalue weighted by molar-refractivity contribution is 0.0514. The zero-order chi connectivity index (χ0) is 9.15. The molecule has 0 bridgehead atoms. The molecule has 1 aliphatic heterocycles. The normalized spacial score (nSPS) is 21.3. The Hall–Kier alpha value is -0.960. The molecule has 2 rings (SSSR count). The summed E-state index contributed by atoms with van der Waals surface area (Å²) in [6.45, 7) is 4.28. The quantitative estimate of drug-likeness (QED) is 0.724. The van der Waals surface area contributed by atoms with Gasteiger partial charge in [0, 0.05) is 6.20 Å². The second-order valence-corrected chi connectivity index (χ2v) is 3.84. The number of hydrogen-bond donors (Lipinski definition) is 2. The fourth-order valence-electron chi connectivity index (χ4n) is 1.70. The van der Waals surface area contributed by atoms with Gasteiger partial charge < -0.3 is 15.0 Å². The maximum Gasteiger partial charge on any atom is 0.191 e. The third-order valence-corrected chi connectivity index (χ3v) is 2.59. The summed E-state index contributed by atoms with van der Waals surface area (Å²) in [6.07, 6.45) is 4.04. The zero-order valence-corrected chi connectivity index (χ0v) is 7.97. The molecule has 3 heteroatoms. The van der Waals surface area contributed by atoms with E-state index in [4.69, 9.17) is 4.74 Å². The van der Waals surface area contributed by atoms with Gasteiger partial charge in [-0.25, -0.2) is 0 Å². The smallest absolute Gasteiger partial charge is 0.191 e. The lowest BCUT2D eigenvalue weighted by atomic mass is 9.95. The summed E-state index contributed by atoms with van der Waals surface area (Å²) < 4.78 is 5.89. The van der Waals surface area contributed by atoms with Crippen LogP contribution in [0.5, 0.6) is 5.88 Å². The molecule has 2 heterocycles. The van der Waals surface area contributed by atoms with Gasteiger partial charge in [0.1, 0.15) is 5.60 Å². The van der Waals surface area contributed by atoms with Crippen molar-refractivity contribution >= 4 is 0 Å². The highest BCUT2D eigenvalue weighted by Crippen LogP contribution is 2.24. The Labute approximate surface area is 78.5 Å². The predicted octanol–water partition coefficient (Wildman–Crippen LogP) is 1.54. The summed E-state index contributed by atoms with van der Waals surface area (Å²) in [6, 6.07) is 3.92. The molecule has 1 aliphatic rings. The number of aromatic amines is 1. The Morgan fingerprint density at radius 1 is 1.38 bits per heavy atom. The lowest BCUT2D eigenvalue weighted by Crippen LogP contribution is -2.43. The van der Waals surface area contributed by atoms with Gasteiger partial charge in [0.25, 0.3) is 0 Å². The van der Waals surface area contributed by atoms with Crippen LogP contribution in [0.15, 0.2) is 18.3 Å². The van der Waals surface area contributed by atoms with Crippen LogP contribution in [0, 0.1) is 0 Å². The van der Waals surface area contributed by atoms with Crippen molar-refractivity contribution in [2.45, 2.75) is 25.4 Å². The van der Waals surface area contributed by atoms with Crippen molar-refractivity contribution in [1.82, 2.24) is 10.3 Å². The van der Waals surface area contributed by atoms with E-state index in [1.807, 2.05) is 18.3 Å². The molecular weight excluding hydrogens is 164 g/mol. The minimum atomic E-state index is 0.0100. The molecule has 72 valence electrons. The topological polar surface area (TPSA) is 37.0 Å². The first-order chi connectivity index (χ1) is 6.29. The molecule has 1 fully saturated rings. The number of piperidine rings is 1. The maximum atomic E-state index is 5.89. The van der Waals surface area contributed by atoms with Crippen molar-refractivity contribution in [2.75, 3.05) is 13.1 Å². The van der Waals surface area contributed by atoms with Gasteiger partial charge in [-0.3, -0.25) is 0 Å². The van der Waals surface area contributed by atoms with Crippen molar-refractivity contribution in [1.29, 1.82) is 0 Å². The molecule has 0 spiro atoms. The van der Waals surface area contributed by atoms with Crippen molar-refractivity contribution < 1.29 is 4.74 Å². The van der Waals surface area contributed by atoms with Gasteiger partial charge in [0.15, 0.2) is 5.88 Å². The van der Waals surface area contributed by atoms with Crippen molar-refractivity contribution in [3.05, 3.63) is 18.3 Å². The van der Waals surface area contributed by atoms with E-state index >= 15 is 0 Å². The van der Waals surface area contributed by atoms with Crippen LogP contribution in [0.2, 0.25) is 0 Å². The van der Waals surface area contributed by atoms with E-state index in [1.54, 1.807) is 0 Å². The highest BCUT2D eigenvalue weighted by Gasteiger charge is 2.28. The van der Waals surface area contributed by atoms with Crippen LogP contribution in [0.25, 0.3) is 0 Å². The molecule has 1 aromatic rings. The average molecular weight is 180 g/mol. The number of aromatic nitrogens is 1. The van der Waals surface area contributed by atoms with E-state index < -0.39 is 0 Å². The molecule has 3 nitrogen and oxygen atoms in total. The summed E-state index contributed by atoms with van der Waals surface area (Å²) in [5.74, 6) is 0.879. The fraction of sp³-hybridized carbons (Fsp3) is 0.600. The predicted molar refractivity (Wildman–Crippen MR) is 51.9 cm³/mol. The highest BCUT2D eigenvalue weighted by molar-refractivity contribution is 5.11. The van der Waals surface area contributed by atoms with Crippen LogP contribution >= 0.6 is 0 Å². The standard InChI is InChI=1S/C10H16N2O/c1-10(4-7-11-8-5-10)13-9-3-2-6-12-9/h2-3,6,11-12H,4-5,7-8H2,1H3. The van der Waals surface area contributed by atoms with Crippen LogP contribution in [-0.4, -0.2) is 23.7 Å². The molecule has 1 aromatic heterocycles. The van der Waals surface area contributed by atoms with Crippen LogP contribution in [0.3, 0.4) is 0 Å². The van der Waals surface area contributed by atoms with Gasteiger partial charge in [-0.2, -0.15) is 0 Å². The van der Waals surface area contributed by atoms with Crippen LogP contribution in [0.1, 0.15) is 19.8 Å². The molecule has 0 saturated carbocycles. The number of ether oxygens (including phenoxy) is 1. The second-order valence-electron chi connectivity index (χ2n) is 3.84. The molecule has 13 heavy (non-hydrogen) atoms. The molecule has 0 amide bonds. The molecule has 0 atom stereocenters. The average Bonchev–Trinajstić information content (AvgIpc) is 2.57. The van der Waals surface area contributed by atoms with Crippen LogP contribution in [0.4, 0.5) is 0 Å². The molecule has 2 N–H and O–H groups in total. The number of rotatable bonds is 2. The fourth-order valence-corrected chi connectivity index (χ4v) is 1.70. The highest BCUT2D eigenvalue weighted by atomic mass is 16.5. The molecule has 0 aromatic carbocycles. The summed E-state index contributed by atoms with van der Waals surface area (Å²) >= 11 is 0. The molecule has 1 saturated heterocycles. The summed E-state index contributed by atoms with van der Waals surface area (Å²) in [5.41, 5.74) is 0.0100. The second kappa shape index (κ2) is 3.42. The zero-order valence-electron chi connectivity index (χ0n) is 7.97. The lowest BCUT2D eigenvalue weighted by Gasteiger charge is -2.33. The maximum absolute atomic E-state index is 5.89. The number of nitrogens with one attached hydrogen (secondary N) is 2. The molecule has 0 aliphatic carbocycles. The minimum absolute atomic E-state index is 0.0100. The molecule has 0 radical (unpaired) electrons. The monoisotopic (exact) mass is 180 g/mol. The van der Waals surface area contributed by atoms with E-state index in [0.717, 1.165) is 31.8 Å². The minimum Gasteiger partial charge on any atom is -0.473 e. The Bertz CT molecular complexity index is 250. The third-order valence-electron chi connectivity index (χ3n) is 2.59. The number of hydrogen-bond acceptors (Lipinski definition) is 2. The Kier molecular flexibility index (Phi) is 2.27. The van der Waals surface area contributed by atoms with Gasteiger partial charge in [-0.05, 0) is 45.0 Å². The molecule has 0 unspecified atom stereocenters. The van der Waals surface area contributed by atoms with E-state index in [1.165, 1.54) is 0 Å². The SMILES string of the molecule is CC1(Oc2ccc[nH]2)CCNCC1. The Morgan fingerprint density at radius 3 is 2.77 bits per heavy atom. The van der Waals surface area contributed by atoms with Crippen LogP contribution < -0.4 is 10.1 Å². The molecular formula is C10H16N2O. The van der Waals surface area contributed by atoms with Gasteiger partial charge in [0.05, 0.1) is 0 Å². The van der Waals surface area contributed by atoms with Gasteiger partial charge in [-0.1, -0.05) is 0 Å². The van der Waals surface area contributed by atoms with Crippen molar-refractivity contribution in [3.63, 3.8) is 0 Å². The van der Waals surface area contributed by atoms with E-state index in [0.29, 0.717) is 0 Å². The van der Waals surface area contributed by atoms with E-state index in [-0.39, 0.29) is 5.60 Å². The van der Waals surface area contributed by atoms with E-state index in [9.17, 15) is 0 Å². The summed E-state index contributed by atoms with van der Waals surface area (Å²) in [7, 11) is 0. The van der Waals surface area contributed by atoms with Crippen LogP contribution in [-0.2, 0) is 0 Å². The first kappa shape index (κ1) is 8.63. The van der Waals surface area contributed by atoms with Crippen molar-refractivity contribution in [3.8, 4) is 5.88 Å². The number of H-pyrrole nitrogens is 1. The Balaban J connectivity index is 1.99. The third kappa shape index (κ3) is 2.04. The first-order valence-corrected chi connectivity index (χ1v) is 4.82. The van der Waals surface area contributed by atoms with Crippen molar-refractivity contribution in [2.24, 2.45) is 0 Å². The van der Waals surface area contributed by atoms with E-state index in [2.05, 4.69) is 17.2 Å². The first-order valence-electron chi connectivity index (χ1n) is 4.82.